The van der Waals surface area contributed by atoms with Crippen LogP contribution in [-0.2, 0) is 4.79 Å². The van der Waals surface area contributed by atoms with Gasteiger partial charge in [-0.15, -0.1) is 0 Å². The predicted molar refractivity (Wildman–Crippen MR) is 55.6 cm³/mol. The van der Waals surface area contributed by atoms with Crippen molar-refractivity contribution in [3.05, 3.63) is 0 Å². The van der Waals surface area contributed by atoms with Gasteiger partial charge in [-0.25, -0.2) is 0 Å². The lowest BCUT2D eigenvalue weighted by Crippen LogP contribution is -2.49. The fourth-order valence-electron chi connectivity index (χ4n) is 1.87. The molecule has 0 atom stereocenters. The lowest BCUT2D eigenvalue weighted by atomic mass is 9.67. The molecule has 0 aromatic rings. The summed E-state index contributed by atoms with van der Waals surface area (Å²) in [5, 5.41) is 9.98. The van der Waals surface area contributed by atoms with Crippen molar-refractivity contribution in [3.8, 4) is 0 Å². The fraction of sp³-hybridized carbons (Fsp3) is 0.909. The van der Waals surface area contributed by atoms with Crippen molar-refractivity contribution >= 4 is 5.91 Å². The van der Waals surface area contributed by atoms with Gasteiger partial charge in [0.05, 0.1) is 5.60 Å². The van der Waals surface area contributed by atoms with Gasteiger partial charge in [0.25, 0.3) is 0 Å². The maximum atomic E-state index is 10.8. The van der Waals surface area contributed by atoms with Gasteiger partial charge >= 0.3 is 0 Å². The normalized spacial score (nSPS) is 32.4. The Morgan fingerprint density at radius 1 is 1.50 bits per heavy atom. The van der Waals surface area contributed by atoms with Gasteiger partial charge in [0.1, 0.15) is 0 Å². The molecule has 0 radical (unpaired) electrons. The third-order valence-corrected chi connectivity index (χ3v) is 3.00. The number of rotatable bonds is 3. The highest BCUT2D eigenvalue weighted by Crippen LogP contribution is 2.42. The van der Waals surface area contributed by atoms with Gasteiger partial charge in [0, 0.05) is 5.92 Å². The summed E-state index contributed by atoms with van der Waals surface area (Å²) < 4.78 is 0. The average molecular weight is 199 g/mol. The maximum Gasteiger partial charge on any atom is 0.220 e. The zero-order valence-corrected chi connectivity index (χ0v) is 9.34. The van der Waals surface area contributed by atoms with Gasteiger partial charge in [-0.3, -0.25) is 4.79 Å². The largest absolute Gasteiger partial charge is 0.390 e. The van der Waals surface area contributed by atoms with Crippen LogP contribution in [0.5, 0.6) is 0 Å². The molecule has 0 aliphatic heterocycles. The molecule has 82 valence electrons. The molecule has 1 rings (SSSR count). The minimum Gasteiger partial charge on any atom is -0.390 e. The lowest BCUT2D eigenvalue weighted by molar-refractivity contribution is -0.139. The van der Waals surface area contributed by atoms with E-state index in [0.717, 1.165) is 12.8 Å². The molecule has 0 aromatic carbocycles. The molecule has 0 unspecified atom stereocenters. The van der Waals surface area contributed by atoms with Gasteiger partial charge in [-0.05, 0) is 31.1 Å². The summed E-state index contributed by atoms with van der Waals surface area (Å²) in [6.45, 7) is 6.46. The number of hydrogen-bond acceptors (Lipinski definition) is 2. The summed E-state index contributed by atoms with van der Waals surface area (Å²) in [5.41, 5.74) is 4.78. The minimum absolute atomic E-state index is 0.0973. The number of primary amides is 1. The Labute approximate surface area is 85.7 Å². The zero-order valence-electron chi connectivity index (χ0n) is 9.34. The molecule has 0 spiro atoms. The number of carbonyl (C=O) groups is 1. The molecule has 1 aliphatic rings. The van der Waals surface area contributed by atoms with Gasteiger partial charge < -0.3 is 10.8 Å². The second-order valence-corrected chi connectivity index (χ2v) is 5.79. The lowest BCUT2D eigenvalue weighted by Gasteiger charge is -2.43. The monoisotopic (exact) mass is 199 g/mol. The van der Waals surface area contributed by atoms with Gasteiger partial charge in [-0.1, -0.05) is 20.8 Å². The zero-order chi connectivity index (χ0) is 11.0. The molecule has 1 fully saturated rings. The molecule has 0 bridgehead atoms. The second-order valence-electron chi connectivity index (χ2n) is 5.79. The van der Waals surface area contributed by atoms with Crippen molar-refractivity contribution in [3.63, 3.8) is 0 Å². The van der Waals surface area contributed by atoms with E-state index in [1.165, 1.54) is 0 Å². The summed E-state index contributed by atoms with van der Waals surface area (Å²) >= 11 is 0. The summed E-state index contributed by atoms with van der Waals surface area (Å²) in [5.74, 6) is -0.370. The molecule has 0 heterocycles. The van der Waals surface area contributed by atoms with E-state index >= 15 is 0 Å². The number of amides is 1. The molecule has 3 heteroatoms. The second kappa shape index (κ2) is 3.54. The Kier molecular flexibility index (Phi) is 2.91. The Morgan fingerprint density at radius 2 is 2.00 bits per heavy atom. The maximum absolute atomic E-state index is 10.8. The number of carbonyl (C=O) groups excluding carboxylic acids is 1. The van der Waals surface area contributed by atoms with Crippen molar-refractivity contribution in [1.82, 2.24) is 0 Å². The molecule has 1 amide bonds. The predicted octanol–water partition coefficient (Wildman–Crippen LogP) is 1.44. The van der Waals surface area contributed by atoms with E-state index < -0.39 is 5.60 Å². The standard InChI is InChI=1S/C11H21NO2/c1-10(2,3)4-5-11(14)6-8(7-11)9(12)13/h8,14H,4-7H2,1-3H3,(H2,12,13). The number of hydrogen-bond donors (Lipinski definition) is 2. The van der Waals surface area contributed by atoms with Gasteiger partial charge in [0.2, 0.25) is 5.91 Å². The van der Waals surface area contributed by atoms with Crippen molar-refractivity contribution < 1.29 is 9.90 Å². The Bertz CT molecular complexity index is 224. The summed E-state index contributed by atoms with van der Waals surface area (Å²) in [6, 6.07) is 0. The van der Waals surface area contributed by atoms with E-state index in [-0.39, 0.29) is 17.2 Å². The van der Waals surface area contributed by atoms with E-state index in [9.17, 15) is 9.90 Å². The molecule has 1 saturated carbocycles. The van der Waals surface area contributed by atoms with E-state index in [4.69, 9.17) is 5.73 Å². The first-order valence-electron chi connectivity index (χ1n) is 5.24. The Balaban J connectivity index is 2.31. The Morgan fingerprint density at radius 3 is 2.36 bits per heavy atom. The van der Waals surface area contributed by atoms with Crippen LogP contribution < -0.4 is 5.73 Å². The van der Waals surface area contributed by atoms with Crippen LogP contribution in [-0.4, -0.2) is 16.6 Å². The summed E-state index contributed by atoms with van der Waals surface area (Å²) in [4.78, 5) is 10.8. The van der Waals surface area contributed by atoms with Crippen LogP contribution in [0, 0.1) is 11.3 Å². The molecular weight excluding hydrogens is 178 g/mol. The van der Waals surface area contributed by atoms with Crippen LogP contribution in [0.25, 0.3) is 0 Å². The van der Waals surface area contributed by atoms with E-state index in [1.807, 2.05) is 0 Å². The van der Waals surface area contributed by atoms with Gasteiger partial charge in [-0.2, -0.15) is 0 Å². The average Bonchev–Trinajstić information content (AvgIpc) is 1.93. The molecule has 0 aromatic heterocycles. The highest BCUT2D eigenvalue weighted by Gasteiger charge is 2.45. The minimum atomic E-state index is -0.618. The topological polar surface area (TPSA) is 63.3 Å². The third-order valence-electron chi connectivity index (χ3n) is 3.00. The van der Waals surface area contributed by atoms with Crippen LogP contribution >= 0.6 is 0 Å². The molecular formula is C11H21NO2. The van der Waals surface area contributed by atoms with E-state index in [0.29, 0.717) is 12.8 Å². The SMILES string of the molecule is CC(C)(C)CCC1(O)CC(C(N)=O)C1. The van der Waals surface area contributed by atoms with Crippen LogP contribution in [0.15, 0.2) is 0 Å². The van der Waals surface area contributed by atoms with Crippen LogP contribution in [0.3, 0.4) is 0 Å². The van der Waals surface area contributed by atoms with Crippen molar-refractivity contribution in [1.29, 1.82) is 0 Å². The first-order valence-corrected chi connectivity index (χ1v) is 5.24. The highest BCUT2D eigenvalue weighted by molar-refractivity contribution is 5.78. The molecule has 14 heavy (non-hydrogen) atoms. The van der Waals surface area contributed by atoms with Gasteiger partial charge in [0.15, 0.2) is 0 Å². The third kappa shape index (κ3) is 2.98. The molecule has 3 N–H and O–H groups in total. The summed E-state index contributed by atoms with van der Waals surface area (Å²) in [7, 11) is 0. The molecule has 0 saturated heterocycles. The molecule has 3 nitrogen and oxygen atoms in total. The number of aliphatic hydroxyl groups is 1. The first kappa shape index (κ1) is 11.5. The van der Waals surface area contributed by atoms with E-state index in [1.54, 1.807) is 0 Å². The number of nitrogens with two attached hydrogens (primary N) is 1. The van der Waals surface area contributed by atoms with Crippen molar-refractivity contribution in [2.75, 3.05) is 0 Å². The fourth-order valence-corrected chi connectivity index (χ4v) is 1.87. The van der Waals surface area contributed by atoms with Crippen molar-refractivity contribution in [2.24, 2.45) is 17.1 Å². The van der Waals surface area contributed by atoms with Crippen molar-refractivity contribution in [2.45, 2.75) is 52.1 Å². The smallest absolute Gasteiger partial charge is 0.220 e. The Hall–Kier alpha value is -0.570. The van der Waals surface area contributed by atoms with Crippen LogP contribution in [0.2, 0.25) is 0 Å². The van der Waals surface area contributed by atoms with Crippen LogP contribution in [0.4, 0.5) is 0 Å². The summed E-state index contributed by atoms with van der Waals surface area (Å²) in [6.07, 6.45) is 2.87. The quantitative estimate of drug-likeness (QED) is 0.722. The first-order chi connectivity index (χ1) is 6.22. The molecule has 1 aliphatic carbocycles. The van der Waals surface area contributed by atoms with Crippen LogP contribution in [0.1, 0.15) is 46.5 Å². The van der Waals surface area contributed by atoms with E-state index in [2.05, 4.69) is 20.8 Å². The highest BCUT2D eigenvalue weighted by atomic mass is 16.3.